The second-order valence-electron chi connectivity index (χ2n) is 2.93. The summed E-state index contributed by atoms with van der Waals surface area (Å²) in [5.41, 5.74) is 3.15. The number of rotatable bonds is 3. The fourth-order valence-electron chi connectivity index (χ4n) is 1.19. The maximum absolute atomic E-state index is 11.3. The summed E-state index contributed by atoms with van der Waals surface area (Å²) in [5.74, 6) is 4.83. The standard InChI is InChI=1S/C8H14N4O/c1-3-7(8(13)11-9)12-5-6(2)4-10-12/h4-5,7H,3,9H2,1-2H3,(H,11,13)/t7-/m1/s1. The van der Waals surface area contributed by atoms with Gasteiger partial charge in [-0.25, -0.2) is 5.84 Å². The van der Waals surface area contributed by atoms with Gasteiger partial charge in [0, 0.05) is 6.20 Å². The van der Waals surface area contributed by atoms with Gasteiger partial charge in [0.05, 0.1) is 6.20 Å². The Morgan fingerprint density at radius 1 is 1.85 bits per heavy atom. The van der Waals surface area contributed by atoms with Gasteiger partial charge in [0.15, 0.2) is 0 Å². The highest BCUT2D eigenvalue weighted by Crippen LogP contribution is 2.10. The van der Waals surface area contributed by atoms with Gasteiger partial charge in [-0.3, -0.25) is 14.9 Å². The van der Waals surface area contributed by atoms with Crippen LogP contribution >= 0.6 is 0 Å². The summed E-state index contributed by atoms with van der Waals surface area (Å²) in [6.45, 7) is 3.84. The largest absolute Gasteiger partial charge is 0.292 e. The molecule has 1 heterocycles. The van der Waals surface area contributed by atoms with Crippen molar-refractivity contribution in [1.82, 2.24) is 15.2 Å². The van der Waals surface area contributed by atoms with Crippen molar-refractivity contribution in [1.29, 1.82) is 0 Å². The molecule has 0 saturated heterocycles. The van der Waals surface area contributed by atoms with Gasteiger partial charge >= 0.3 is 0 Å². The third kappa shape index (κ3) is 2.06. The summed E-state index contributed by atoms with van der Waals surface area (Å²) < 4.78 is 1.62. The molecule has 5 nitrogen and oxygen atoms in total. The van der Waals surface area contributed by atoms with Crippen molar-refractivity contribution < 1.29 is 4.79 Å². The minimum Gasteiger partial charge on any atom is -0.292 e. The Hall–Kier alpha value is -1.36. The molecular weight excluding hydrogens is 168 g/mol. The number of hydrogen-bond donors (Lipinski definition) is 2. The van der Waals surface area contributed by atoms with Gasteiger partial charge < -0.3 is 0 Å². The fourth-order valence-corrected chi connectivity index (χ4v) is 1.19. The third-order valence-electron chi connectivity index (χ3n) is 1.88. The lowest BCUT2D eigenvalue weighted by Gasteiger charge is -2.12. The Morgan fingerprint density at radius 3 is 2.92 bits per heavy atom. The molecule has 3 N–H and O–H groups in total. The maximum Gasteiger partial charge on any atom is 0.258 e. The van der Waals surface area contributed by atoms with E-state index in [1.165, 1.54) is 0 Å². The minimum absolute atomic E-state index is 0.217. The van der Waals surface area contributed by atoms with Crippen LogP contribution in [-0.4, -0.2) is 15.7 Å². The molecule has 0 unspecified atom stereocenters. The normalized spacial score (nSPS) is 12.5. The van der Waals surface area contributed by atoms with E-state index in [4.69, 9.17) is 5.84 Å². The average molecular weight is 182 g/mol. The molecule has 1 rings (SSSR count). The first-order valence-corrected chi connectivity index (χ1v) is 4.20. The molecule has 1 aromatic heterocycles. The van der Waals surface area contributed by atoms with Crippen molar-refractivity contribution >= 4 is 5.91 Å². The summed E-state index contributed by atoms with van der Waals surface area (Å²) >= 11 is 0. The Kier molecular flexibility index (Phi) is 3.02. The maximum atomic E-state index is 11.3. The molecular formula is C8H14N4O. The number of nitrogens with two attached hydrogens (primary N) is 1. The predicted molar refractivity (Wildman–Crippen MR) is 48.6 cm³/mol. The lowest BCUT2D eigenvalue weighted by Crippen LogP contribution is -2.37. The summed E-state index contributed by atoms with van der Waals surface area (Å²) in [4.78, 5) is 11.3. The van der Waals surface area contributed by atoms with Gasteiger partial charge in [-0.05, 0) is 18.9 Å². The van der Waals surface area contributed by atoms with E-state index in [2.05, 4.69) is 10.5 Å². The van der Waals surface area contributed by atoms with E-state index in [0.29, 0.717) is 6.42 Å². The predicted octanol–water partition coefficient (Wildman–Crippen LogP) is 0.133. The Morgan fingerprint density at radius 2 is 2.54 bits per heavy atom. The molecule has 0 aliphatic heterocycles. The van der Waals surface area contributed by atoms with E-state index in [1.54, 1.807) is 10.9 Å². The quantitative estimate of drug-likeness (QED) is 0.396. The van der Waals surface area contributed by atoms with Crippen LogP contribution in [0.3, 0.4) is 0 Å². The molecule has 13 heavy (non-hydrogen) atoms. The molecule has 0 saturated carbocycles. The third-order valence-corrected chi connectivity index (χ3v) is 1.88. The van der Waals surface area contributed by atoms with E-state index in [-0.39, 0.29) is 11.9 Å². The number of nitrogens with one attached hydrogen (secondary N) is 1. The van der Waals surface area contributed by atoms with Crippen LogP contribution in [0.25, 0.3) is 0 Å². The van der Waals surface area contributed by atoms with Crippen LogP contribution in [-0.2, 0) is 4.79 Å². The van der Waals surface area contributed by atoms with Crippen molar-refractivity contribution in [3.63, 3.8) is 0 Å². The number of carbonyl (C=O) groups excluding carboxylic acids is 1. The first kappa shape index (κ1) is 9.73. The number of hydrogen-bond acceptors (Lipinski definition) is 3. The fraction of sp³-hybridized carbons (Fsp3) is 0.500. The van der Waals surface area contributed by atoms with Crippen molar-refractivity contribution in [2.24, 2.45) is 5.84 Å². The topological polar surface area (TPSA) is 72.9 Å². The Balaban J connectivity index is 2.84. The number of hydrazine groups is 1. The van der Waals surface area contributed by atoms with Crippen LogP contribution < -0.4 is 11.3 Å². The van der Waals surface area contributed by atoms with Gasteiger partial charge in [-0.15, -0.1) is 0 Å². The number of nitrogens with zero attached hydrogens (tertiary/aromatic N) is 2. The monoisotopic (exact) mass is 182 g/mol. The van der Waals surface area contributed by atoms with Crippen molar-refractivity contribution in [2.45, 2.75) is 26.3 Å². The number of aromatic nitrogens is 2. The molecule has 1 atom stereocenters. The molecule has 0 aromatic carbocycles. The van der Waals surface area contributed by atoms with Crippen molar-refractivity contribution in [2.75, 3.05) is 0 Å². The molecule has 0 aliphatic carbocycles. The van der Waals surface area contributed by atoms with Crippen LogP contribution in [0, 0.1) is 6.92 Å². The number of amides is 1. The summed E-state index contributed by atoms with van der Waals surface area (Å²) in [7, 11) is 0. The van der Waals surface area contributed by atoms with E-state index in [1.807, 2.05) is 20.0 Å². The van der Waals surface area contributed by atoms with Crippen molar-refractivity contribution in [3.05, 3.63) is 18.0 Å². The van der Waals surface area contributed by atoms with Crippen LogP contribution in [0.2, 0.25) is 0 Å². The van der Waals surface area contributed by atoms with Crippen LogP contribution in [0.5, 0.6) is 0 Å². The molecule has 0 bridgehead atoms. The van der Waals surface area contributed by atoms with E-state index in [9.17, 15) is 4.79 Å². The average Bonchev–Trinajstić information content (AvgIpc) is 2.53. The van der Waals surface area contributed by atoms with Crippen molar-refractivity contribution in [3.8, 4) is 0 Å². The molecule has 0 fully saturated rings. The first-order valence-electron chi connectivity index (χ1n) is 4.20. The van der Waals surface area contributed by atoms with E-state index in [0.717, 1.165) is 5.56 Å². The van der Waals surface area contributed by atoms with Crippen LogP contribution in [0.15, 0.2) is 12.4 Å². The van der Waals surface area contributed by atoms with E-state index >= 15 is 0 Å². The number of aryl methyl sites for hydroxylation is 1. The zero-order chi connectivity index (χ0) is 9.84. The summed E-state index contributed by atoms with van der Waals surface area (Å²) in [6, 6.07) is -0.307. The van der Waals surface area contributed by atoms with Crippen LogP contribution in [0.4, 0.5) is 0 Å². The highest BCUT2D eigenvalue weighted by molar-refractivity contribution is 5.79. The molecule has 1 amide bonds. The minimum atomic E-state index is -0.307. The SMILES string of the molecule is CC[C@H](C(=O)NN)n1cc(C)cn1. The smallest absolute Gasteiger partial charge is 0.258 e. The van der Waals surface area contributed by atoms with Gasteiger partial charge in [-0.2, -0.15) is 5.10 Å². The molecule has 72 valence electrons. The van der Waals surface area contributed by atoms with Crippen LogP contribution in [0.1, 0.15) is 24.9 Å². The van der Waals surface area contributed by atoms with Gasteiger partial charge in [0.1, 0.15) is 6.04 Å². The zero-order valence-electron chi connectivity index (χ0n) is 7.82. The highest BCUT2D eigenvalue weighted by atomic mass is 16.2. The summed E-state index contributed by atoms with van der Waals surface area (Å²) in [6.07, 6.45) is 4.21. The summed E-state index contributed by atoms with van der Waals surface area (Å²) in [5, 5.41) is 4.06. The highest BCUT2D eigenvalue weighted by Gasteiger charge is 2.17. The van der Waals surface area contributed by atoms with Gasteiger partial charge in [0.25, 0.3) is 5.91 Å². The molecule has 0 radical (unpaired) electrons. The molecule has 0 aliphatic rings. The van der Waals surface area contributed by atoms with E-state index < -0.39 is 0 Å². The molecule has 5 heteroatoms. The Labute approximate surface area is 76.9 Å². The Bertz CT molecular complexity index is 294. The number of carbonyl (C=O) groups is 1. The lowest BCUT2D eigenvalue weighted by molar-refractivity contribution is -0.124. The van der Waals surface area contributed by atoms with Gasteiger partial charge in [0.2, 0.25) is 0 Å². The zero-order valence-corrected chi connectivity index (χ0v) is 7.82. The second-order valence-corrected chi connectivity index (χ2v) is 2.93. The van der Waals surface area contributed by atoms with Gasteiger partial charge in [-0.1, -0.05) is 6.92 Å². The molecule has 0 spiro atoms. The lowest BCUT2D eigenvalue weighted by atomic mass is 10.2. The second kappa shape index (κ2) is 4.04. The molecule has 1 aromatic rings. The first-order chi connectivity index (χ1) is 6.19.